The fraction of sp³-hybridized carbons (Fsp3) is 0.385. The van der Waals surface area contributed by atoms with Gasteiger partial charge in [0.25, 0.3) is 0 Å². The van der Waals surface area contributed by atoms with Crippen LogP contribution in [0.2, 0.25) is 0 Å². The van der Waals surface area contributed by atoms with Gasteiger partial charge in [-0.3, -0.25) is 0 Å². The van der Waals surface area contributed by atoms with Gasteiger partial charge in [-0.2, -0.15) is 0 Å². The average Bonchev–Trinajstić information content (AvgIpc) is 2.45. The largest absolute Gasteiger partial charge is 0.348 e. The summed E-state index contributed by atoms with van der Waals surface area (Å²) in [6.07, 6.45) is 0.958. The lowest BCUT2D eigenvalue weighted by Crippen LogP contribution is -2.02. The quantitative estimate of drug-likeness (QED) is 0.796. The molecule has 2 N–H and O–H groups in total. The standard InChI is InChI=1S/C13H18N2/c1-9-10(2)15(3)13-8-11(6-7-14)4-5-12(9)13/h4-5,8H,6-7,14H2,1-3H3. The number of hydrogen-bond acceptors (Lipinski definition) is 1. The molecule has 2 nitrogen and oxygen atoms in total. The molecule has 80 valence electrons. The van der Waals surface area contributed by atoms with Crippen molar-refractivity contribution >= 4 is 10.9 Å². The second-order valence-electron chi connectivity index (χ2n) is 4.16. The molecule has 2 rings (SSSR count). The van der Waals surface area contributed by atoms with Gasteiger partial charge in [-0.25, -0.2) is 0 Å². The van der Waals surface area contributed by atoms with Crippen molar-refractivity contribution in [2.45, 2.75) is 20.3 Å². The molecule has 2 heteroatoms. The Hall–Kier alpha value is -1.28. The highest BCUT2D eigenvalue weighted by atomic mass is 14.9. The van der Waals surface area contributed by atoms with E-state index in [2.05, 4.69) is 43.7 Å². The van der Waals surface area contributed by atoms with E-state index in [1.165, 1.54) is 27.7 Å². The second kappa shape index (κ2) is 3.70. The van der Waals surface area contributed by atoms with E-state index < -0.39 is 0 Å². The van der Waals surface area contributed by atoms with Gasteiger partial charge >= 0.3 is 0 Å². The van der Waals surface area contributed by atoms with Crippen molar-refractivity contribution in [1.29, 1.82) is 0 Å². The molecule has 15 heavy (non-hydrogen) atoms. The van der Waals surface area contributed by atoms with Crippen molar-refractivity contribution in [3.8, 4) is 0 Å². The van der Waals surface area contributed by atoms with Gasteiger partial charge in [0.15, 0.2) is 0 Å². The van der Waals surface area contributed by atoms with E-state index in [-0.39, 0.29) is 0 Å². The predicted molar refractivity (Wildman–Crippen MR) is 65.2 cm³/mol. The van der Waals surface area contributed by atoms with Crippen LogP contribution in [0.1, 0.15) is 16.8 Å². The molecule has 1 aromatic carbocycles. The number of hydrogen-bond donors (Lipinski definition) is 1. The molecule has 0 bridgehead atoms. The first-order valence-corrected chi connectivity index (χ1v) is 5.39. The van der Waals surface area contributed by atoms with Crippen LogP contribution in [0.3, 0.4) is 0 Å². The molecule has 1 aromatic heterocycles. The van der Waals surface area contributed by atoms with E-state index in [0.717, 1.165) is 6.42 Å². The number of benzene rings is 1. The Labute approximate surface area is 90.7 Å². The zero-order valence-corrected chi connectivity index (χ0v) is 9.67. The zero-order valence-electron chi connectivity index (χ0n) is 9.67. The molecule has 0 saturated carbocycles. The lowest BCUT2D eigenvalue weighted by Gasteiger charge is -2.02. The normalized spacial score (nSPS) is 11.2. The van der Waals surface area contributed by atoms with Crippen LogP contribution in [-0.4, -0.2) is 11.1 Å². The van der Waals surface area contributed by atoms with Gasteiger partial charge in [0.05, 0.1) is 0 Å². The maximum Gasteiger partial charge on any atom is 0.0485 e. The maximum atomic E-state index is 5.57. The topological polar surface area (TPSA) is 30.9 Å². The summed E-state index contributed by atoms with van der Waals surface area (Å²) < 4.78 is 2.25. The van der Waals surface area contributed by atoms with E-state index in [0.29, 0.717) is 6.54 Å². The summed E-state index contributed by atoms with van der Waals surface area (Å²) in [5.74, 6) is 0. The summed E-state index contributed by atoms with van der Waals surface area (Å²) >= 11 is 0. The van der Waals surface area contributed by atoms with E-state index >= 15 is 0 Å². The van der Waals surface area contributed by atoms with E-state index in [4.69, 9.17) is 5.73 Å². The van der Waals surface area contributed by atoms with Gasteiger partial charge in [-0.05, 0) is 44.0 Å². The summed E-state index contributed by atoms with van der Waals surface area (Å²) in [5.41, 5.74) is 10.9. The molecule has 0 aliphatic heterocycles. The molecule has 1 heterocycles. The third-order valence-corrected chi connectivity index (χ3v) is 3.31. The molecule has 0 fully saturated rings. The second-order valence-corrected chi connectivity index (χ2v) is 4.16. The molecule has 0 atom stereocenters. The third-order valence-electron chi connectivity index (χ3n) is 3.31. The van der Waals surface area contributed by atoms with E-state index in [1.807, 2.05) is 0 Å². The number of fused-ring (bicyclic) bond motifs is 1. The average molecular weight is 202 g/mol. The van der Waals surface area contributed by atoms with E-state index in [9.17, 15) is 0 Å². The first-order chi connectivity index (χ1) is 7.15. The summed E-state index contributed by atoms with van der Waals surface area (Å²) in [6, 6.07) is 6.65. The van der Waals surface area contributed by atoms with Gasteiger partial charge in [-0.15, -0.1) is 0 Å². The van der Waals surface area contributed by atoms with Crippen molar-refractivity contribution in [2.24, 2.45) is 12.8 Å². The van der Waals surface area contributed by atoms with Crippen LogP contribution in [0.5, 0.6) is 0 Å². The maximum absolute atomic E-state index is 5.57. The highest BCUT2D eigenvalue weighted by Gasteiger charge is 2.07. The molecule has 0 spiro atoms. The Bertz CT molecular complexity index is 495. The number of rotatable bonds is 2. The van der Waals surface area contributed by atoms with E-state index in [1.54, 1.807) is 0 Å². The van der Waals surface area contributed by atoms with Crippen LogP contribution >= 0.6 is 0 Å². The van der Waals surface area contributed by atoms with Crippen LogP contribution in [0.25, 0.3) is 10.9 Å². The number of aromatic nitrogens is 1. The van der Waals surface area contributed by atoms with Crippen LogP contribution in [0, 0.1) is 13.8 Å². The first kappa shape index (κ1) is 10.2. The number of nitrogens with zero attached hydrogens (tertiary/aromatic N) is 1. The molecule has 0 amide bonds. The fourth-order valence-electron chi connectivity index (χ4n) is 2.12. The molecule has 0 aliphatic rings. The number of nitrogens with two attached hydrogens (primary N) is 1. The monoisotopic (exact) mass is 202 g/mol. The van der Waals surface area contributed by atoms with Crippen molar-refractivity contribution in [2.75, 3.05) is 6.54 Å². The van der Waals surface area contributed by atoms with Gasteiger partial charge in [-0.1, -0.05) is 12.1 Å². The molecule has 0 saturated heterocycles. The zero-order chi connectivity index (χ0) is 11.0. The SMILES string of the molecule is Cc1c(C)n(C)c2cc(CCN)ccc12. The van der Waals surface area contributed by atoms with Crippen LogP contribution in [-0.2, 0) is 13.5 Å². The Kier molecular flexibility index (Phi) is 2.53. The summed E-state index contributed by atoms with van der Waals surface area (Å²) in [7, 11) is 2.12. The lowest BCUT2D eigenvalue weighted by molar-refractivity contribution is 0.907. The lowest BCUT2D eigenvalue weighted by atomic mass is 10.1. The van der Waals surface area contributed by atoms with Gasteiger partial charge < -0.3 is 10.3 Å². The first-order valence-electron chi connectivity index (χ1n) is 5.39. The van der Waals surface area contributed by atoms with Crippen molar-refractivity contribution in [1.82, 2.24) is 4.57 Å². The predicted octanol–water partition coefficient (Wildman–Crippen LogP) is 2.30. The molecule has 2 aromatic rings. The van der Waals surface area contributed by atoms with Crippen molar-refractivity contribution in [3.63, 3.8) is 0 Å². The molecular formula is C13H18N2. The Morgan fingerprint density at radius 1 is 1.27 bits per heavy atom. The highest BCUT2D eigenvalue weighted by molar-refractivity contribution is 5.85. The van der Waals surface area contributed by atoms with Gasteiger partial charge in [0.1, 0.15) is 0 Å². The Morgan fingerprint density at radius 2 is 2.00 bits per heavy atom. The van der Waals surface area contributed by atoms with Crippen LogP contribution in [0.15, 0.2) is 18.2 Å². The minimum atomic E-state index is 0.716. The van der Waals surface area contributed by atoms with Crippen LogP contribution < -0.4 is 5.73 Å². The highest BCUT2D eigenvalue weighted by Crippen LogP contribution is 2.24. The Balaban J connectivity index is 2.66. The fourth-order valence-corrected chi connectivity index (χ4v) is 2.12. The molecule has 0 unspecified atom stereocenters. The molecule has 0 aliphatic carbocycles. The van der Waals surface area contributed by atoms with Gasteiger partial charge in [0, 0.05) is 23.6 Å². The summed E-state index contributed by atoms with van der Waals surface area (Å²) in [5, 5.41) is 1.36. The van der Waals surface area contributed by atoms with Crippen molar-refractivity contribution in [3.05, 3.63) is 35.0 Å². The van der Waals surface area contributed by atoms with Crippen LogP contribution in [0.4, 0.5) is 0 Å². The van der Waals surface area contributed by atoms with Gasteiger partial charge in [0.2, 0.25) is 0 Å². The smallest absolute Gasteiger partial charge is 0.0485 e. The third kappa shape index (κ3) is 1.55. The Morgan fingerprint density at radius 3 is 2.67 bits per heavy atom. The number of aryl methyl sites for hydroxylation is 2. The minimum absolute atomic E-state index is 0.716. The summed E-state index contributed by atoms with van der Waals surface area (Å²) in [6.45, 7) is 5.06. The summed E-state index contributed by atoms with van der Waals surface area (Å²) in [4.78, 5) is 0. The molecular weight excluding hydrogens is 184 g/mol. The van der Waals surface area contributed by atoms with Crippen molar-refractivity contribution < 1.29 is 0 Å². The minimum Gasteiger partial charge on any atom is -0.348 e. The molecule has 0 radical (unpaired) electrons.